The molecule has 138 valence electrons. The molecule has 0 aliphatic heterocycles. The zero-order valence-electron chi connectivity index (χ0n) is 15.3. The molecule has 0 spiro atoms. The van der Waals surface area contributed by atoms with Crippen molar-refractivity contribution in [3.8, 4) is 0 Å². The number of alkyl carbamates (subject to hydrolysis) is 1. The molecule has 0 aliphatic carbocycles. The summed E-state index contributed by atoms with van der Waals surface area (Å²) >= 11 is 0. The molecule has 26 heavy (non-hydrogen) atoms. The number of nitrogens with one attached hydrogen (secondary N) is 1. The number of hydrogen-bond donors (Lipinski definition) is 2. The van der Waals surface area contributed by atoms with Crippen LogP contribution in [0.25, 0.3) is 0 Å². The van der Waals surface area contributed by atoms with Gasteiger partial charge in [-0.2, -0.15) is 0 Å². The van der Waals surface area contributed by atoms with Crippen molar-refractivity contribution in [1.82, 2.24) is 5.32 Å². The van der Waals surface area contributed by atoms with E-state index in [9.17, 15) is 14.7 Å². The third kappa shape index (κ3) is 5.62. The number of amides is 1. The van der Waals surface area contributed by atoms with Gasteiger partial charge in [-0.05, 0) is 31.9 Å². The van der Waals surface area contributed by atoms with Gasteiger partial charge in [-0.3, -0.25) is 4.79 Å². The summed E-state index contributed by atoms with van der Waals surface area (Å²) in [6.45, 7) is 5.26. The number of rotatable bonds is 6. The van der Waals surface area contributed by atoms with E-state index in [1.54, 1.807) is 20.8 Å². The number of carboxylic acids is 1. The van der Waals surface area contributed by atoms with Gasteiger partial charge in [0.2, 0.25) is 0 Å². The second-order valence-corrected chi connectivity index (χ2v) is 7.13. The van der Waals surface area contributed by atoms with Crippen LogP contribution in [0.4, 0.5) is 4.79 Å². The second-order valence-electron chi connectivity index (χ2n) is 7.13. The quantitative estimate of drug-likeness (QED) is 0.820. The van der Waals surface area contributed by atoms with Crippen LogP contribution in [-0.2, 0) is 9.53 Å². The number of carbonyl (C=O) groups excluding carboxylic acids is 1. The fourth-order valence-corrected chi connectivity index (χ4v) is 2.83. The first-order chi connectivity index (χ1) is 12.3. The number of ether oxygens (including phenoxy) is 1. The lowest BCUT2D eigenvalue weighted by Crippen LogP contribution is -2.39. The first kappa shape index (κ1) is 19.5. The van der Waals surface area contributed by atoms with Crippen molar-refractivity contribution < 1.29 is 19.4 Å². The monoisotopic (exact) mass is 355 g/mol. The Kier molecular flexibility index (Phi) is 6.39. The fourth-order valence-electron chi connectivity index (χ4n) is 2.83. The zero-order chi connectivity index (χ0) is 19.2. The van der Waals surface area contributed by atoms with E-state index in [0.29, 0.717) is 0 Å². The van der Waals surface area contributed by atoms with Crippen molar-refractivity contribution in [2.24, 2.45) is 5.92 Å². The first-order valence-corrected chi connectivity index (χ1v) is 8.57. The highest BCUT2D eigenvalue weighted by Crippen LogP contribution is 2.32. The summed E-state index contributed by atoms with van der Waals surface area (Å²) in [5.74, 6) is -2.18. The maximum absolute atomic E-state index is 12.0. The SMILES string of the molecule is CC(C)(C)OC(=O)NC[C@H](C(=O)O)C(c1ccccc1)c1ccccc1. The maximum atomic E-state index is 12.0. The summed E-state index contributed by atoms with van der Waals surface area (Å²) in [4.78, 5) is 23.9. The molecule has 2 N–H and O–H groups in total. The lowest BCUT2D eigenvalue weighted by atomic mass is 9.80. The number of benzene rings is 2. The molecule has 0 fully saturated rings. The Morgan fingerprint density at radius 2 is 1.42 bits per heavy atom. The molecule has 5 heteroatoms. The van der Waals surface area contributed by atoms with E-state index in [0.717, 1.165) is 11.1 Å². The van der Waals surface area contributed by atoms with Crippen molar-refractivity contribution in [3.05, 3.63) is 71.8 Å². The van der Waals surface area contributed by atoms with E-state index >= 15 is 0 Å². The van der Waals surface area contributed by atoms with Crippen LogP contribution >= 0.6 is 0 Å². The van der Waals surface area contributed by atoms with E-state index in [1.807, 2.05) is 60.7 Å². The highest BCUT2D eigenvalue weighted by atomic mass is 16.6. The predicted octanol–water partition coefficient (Wildman–Crippen LogP) is 4.04. The number of aliphatic carboxylic acids is 1. The predicted molar refractivity (Wildman–Crippen MR) is 100 cm³/mol. The molecule has 0 saturated heterocycles. The van der Waals surface area contributed by atoms with Crippen molar-refractivity contribution in [3.63, 3.8) is 0 Å². The molecule has 2 aromatic carbocycles. The van der Waals surface area contributed by atoms with Gasteiger partial charge in [-0.25, -0.2) is 4.79 Å². The van der Waals surface area contributed by atoms with Crippen molar-refractivity contribution in [2.45, 2.75) is 32.3 Å². The molecule has 0 saturated carbocycles. The van der Waals surface area contributed by atoms with Crippen molar-refractivity contribution >= 4 is 12.1 Å². The van der Waals surface area contributed by atoms with Gasteiger partial charge in [-0.15, -0.1) is 0 Å². The highest BCUT2D eigenvalue weighted by Gasteiger charge is 2.31. The number of carbonyl (C=O) groups is 2. The van der Waals surface area contributed by atoms with E-state index < -0.39 is 23.6 Å². The van der Waals surface area contributed by atoms with Gasteiger partial charge < -0.3 is 15.2 Å². The fraction of sp³-hybridized carbons (Fsp3) is 0.333. The Morgan fingerprint density at radius 1 is 0.962 bits per heavy atom. The Morgan fingerprint density at radius 3 is 1.81 bits per heavy atom. The van der Waals surface area contributed by atoms with Crippen LogP contribution in [0.1, 0.15) is 37.8 Å². The largest absolute Gasteiger partial charge is 0.481 e. The van der Waals surface area contributed by atoms with Crippen LogP contribution in [0.5, 0.6) is 0 Å². The smallest absolute Gasteiger partial charge is 0.407 e. The van der Waals surface area contributed by atoms with Crippen LogP contribution < -0.4 is 5.32 Å². The van der Waals surface area contributed by atoms with Gasteiger partial charge in [0.15, 0.2) is 0 Å². The van der Waals surface area contributed by atoms with E-state index in [2.05, 4.69) is 5.32 Å². The molecule has 2 rings (SSSR count). The lowest BCUT2D eigenvalue weighted by molar-refractivity contribution is -0.142. The average molecular weight is 355 g/mol. The minimum absolute atomic E-state index is 0.0291. The third-order valence-electron chi connectivity index (χ3n) is 3.90. The Balaban J connectivity index is 2.27. The molecule has 0 bridgehead atoms. The Labute approximate surface area is 154 Å². The van der Waals surface area contributed by atoms with Gasteiger partial charge in [0, 0.05) is 12.5 Å². The first-order valence-electron chi connectivity index (χ1n) is 8.57. The van der Waals surface area contributed by atoms with Crippen LogP contribution in [0, 0.1) is 5.92 Å². The van der Waals surface area contributed by atoms with Crippen LogP contribution in [-0.4, -0.2) is 29.3 Å². The second kappa shape index (κ2) is 8.52. The molecule has 0 unspecified atom stereocenters. The molecule has 1 atom stereocenters. The van der Waals surface area contributed by atoms with E-state index in [1.165, 1.54) is 0 Å². The minimum atomic E-state index is -0.973. The molecule has 0 radical (unpaired) electrons. The summed E-state index contributed by atoms with van der Waals surface area (Å²) in [7, 11) is 0. The topological polar surface area (TPSA) is 75.6 Å². The summed E-state index contributed by atoms with van der Waals surface area (Å²) in [5, 5.41) is 12.4. The molecule has 0 heterocycles. The van der Waals surface area contributed by atoms with Gasteiger partial charge in [-0.1, -0.05) is 60.7 Å². The van der Waals surface area contributed by atoms with Gasteiger partial charge in [0.25, 0.3) is 0 Å². The third-order valence-corrected chi connectivity index (χ3v) is 3.90. The normalized spacial score (nSPS) is 12.5. The van der Waals surface area contributed by atoms with E-state index in [4.69, 9.17) is 4.74 Å². The number of hydrogen-bond acceptors (Lipinski definition) is 3. The minimum Gasteiger partial charge on any atom is -0.481 e. The average Bonchev–Trinajstić information content (AvgIpc) is 2.58. The highest BCUT2D eigenvalue weighted by molar-refractivity contribution is 5.74. The maximum Gasteiger partial charge on any atom is 0.407 e. The summed E-state index contributed by atoms with van der Waals surface area (Å²) in [5.41, 5.74) is 1.13. The van der Waals surface area contributed by atoms with Crippen LogP contribution in [0.3, 0.4) is 0 Å². The van der Waals surface area contributed by atoms with E-state index in [-0.39, 0.29) is 12.5 Å². The molecule has 5 nitrogen and oxygen atoms in total. The van der Waals surface area contributed by atoms with Gasteiger partial charge in [0.05, 0.1) is 5.92 Å². The van der Waals surface area contributed by atoms with Crippen molar-refractivity contribution in [1.29, 1.82) is 0 Å². The van der Waals surface area contributed by atoms with Gasteiger partial charge in [0.1, 0.15) is 5.60 Å². The van der Waals surface area contributed by atoms with Gasteiger partial charge >= 0.3 is 12.1 Å². The molecule has 2 aromatic rings. The standard InChI is InChI=1S/C21H25NO4/c1-21(2,3)26-20(25)22-14-17(19(23)24)18(15-10-6-4-7-11-15)16-12-8-5-9-13-16/h4-13,17-18H,14H2,1-3H3,(H,22,25)(H,23,24)/t17-/m0/s1. The summed E-state index contributed by atoms with van der Waals surface area (Å²) < 4.78 is 5.22. The molecule has 0 aliphatic rings. The van der Waals surface area contributed by atoms with Crippen LogP contribution in [0.2, 0.25) is 0 Å². The molecule has 0 aromatic heterocycles. The van der Waals surface area contributed by atoms with Crippen LogP contribution in [0.15, 0.2) is 60.7 Å². The number of carboxylic acid groups (broad SMARTS) is 1. The summed E-state index contributed by atoms with van der Waals surface area (Å²) in [6.07, 6.45) is -0.622. The molecular weight excluding hydrogens is 330 g/mol. The molecular formula is C21H25NO4. The Bertz CT molecular complexity index is 683. The molecule has 1 amide bonds. The van der Waals surface area contributed by atoms with Crippen molar-refractivity contribution in [2.75, 3.05) is 6.54 Å². The lowest BCUT2D eigenvalue weighted by Gasteiger charge is -2.26. The Hall–Kier alpha value is -2.82. The summed E-state index contributed by atoms with van der Waals surface area (Å²) in [6, 6.07) is 18.9. The zero-order valence-corrected chi connectivity index (χ0v) is 15.3.